The minimum atomic E-state index is -2.77. The molecule has 0 aliphatic heterocycles. The number of hydrogen-bond acceptors (Lipinski definition) is 0. The van der Waals surface area contributed by atoms with Crippen LogP contribution in [0.1, 0.15) is 12.0 Å². The maximum Gasteiger partial charge on any atom is 0.267 e. The summed E-state index contributed by atoms with van der Waals surface area (Å²) in [4.78, 5) is 0. The topological polar surface area (TPSA) is 0 Å². The van der Waals surface area contributed by atoms with Gasteiger partial charge in [0.25, 0.3) is 6.43 Å². The Kier molecular flexibility index (Phi) is 3.39. The van der Waals surface area contributed by atoms with E-state index in [1.54, 1.807) is 22.6 Å². The van der Waals surface area contributed by atoms with E-state index >= 15 is 0 Å². The van der Waals surface area contributed by atoms with Gasteiger partial charge >= 0.3 is 0 Å². The van der Waals surface area contributed by atoms with Gasteiger partial charge in [0.2, 0.25) is 0 Å². The number of halogens is 5. The molecule has 0 heterocycles. The Hall–Kier alpha value is 0.220. The molecular formula is C7H3BrF3I. The van der Waals surface area contributed by atoms with Crippen LogP contribution in [0.4, 0.5) is 13.2 Å². The lowest BCUT2D eigenvalue weighted by Gasteiger charge is -2.05. The molecule has 0 unspecified atom stereocenters. The van der Waals surface area contributed by atoms with E-state index in [1.165, 1.54) is 12.1 Å². The van der Waals surface area contributed by atoms with Gasteiger partial charge < -0.3 is 0 Å². The molecule has 12 heavy (non-hydrogen) atoms. The highest BCUT2D eigenvalue weighted by Crippen LogP contribution is 2.30. The van der Waals surface area contributed by atoms with Crippen molar-refractivity contribution in [2.75, 3.05) is 0 Å². The minimum Gasteiger partial charge on any atom is -0.205 e. The first-order valence-electron chi connectivity index (χ1n) is 2.95. The van der Waals surface area contributed by atoms with Gasteiger partial charge in [0.05, 0.1) is 10.0 Å². The number of rotatable bonds is 1. The zero-order valence-corrected chi connectivity index (χ0v) is 9.37. The molecule has 0 saturated heterocycles. The SMILES string of the molecule is Fc1c(Br)ccc(I)c1C(F)F. The molecule has 5 heteroatoms. The molecule has 1 rings (SSSR count). The highest BCUT2D eigenvalue weighted by atomic mass is 127. The second-order valence-electron chi connectivity index (χ2n) is 2.06. The van der Waals surface area contributed by atoms with Crippen LogP contribution in [0.2, 0.25) is 0 Å². The van der Waals surface area contributed by atoms with Crippen LogP contribution in [0.3, 0.4) is 0 Å². The lowest BCUT2D eigenvalue weighted by molar-refractivity contribution is 0.145. The van der Waals surface area contributed by atoms with Gasteiger partial charge in [-0.2, -0.15) is 0 Å². The standard InChI is InChI=1S/C7H3BrF3I/c8-3-1-2-4(12)5(6(3)9)7(10)11/h1-2,7H. The van der Waals surface area contributed by atoms with E-state index in [2.05, 4.69) is 15.9 Å². The third kappa shape index (κ3) is 1.93. The molecule has 0 radical (unpaired) electrons. The second-order valence-corrected chi connectivity index (χ2v) is 4.07. The maximum absolute atomic E-state index is 13.0. The molecule has 0 nitrogen and oxygen atoms in total. The molecule has 66 valence electrons. The fourth-order valence-electron chi connectivity index (χ4n) is 0.743. The van der Waals surface area contributed by atoms with E-state index in [1.807, 2.05) is 0 Å². The van der Waals surface area contributed by atoms with Crippen molar-refractivity contribution in [2.45, 2.75) is 6.43 Å². The predicted octanol–water partition coefficient (Wildman–Crippen LogP) is 4.13. The molecule has 0 fully saturated rings. The van der Waals surface area contributed by atoms with Crippen LogP contribution in [0, 0.1) is 9.39 Å². The highest BCUT2D eigenvalue weighted by Gasteiger charge is 2.18. The van der Waals surface area contributed by atoms with Crippen LogP contribution in [0.15, 0.2) is 16.6 Å². The predicted molar refractivity (Wildman–Crippen MR) is 51.8 cm³/mol. The first kappa shape index (κ1) is 10.3. The first-order valence-corrected chi connectivity index (χ1v) is 4.82. The Morgan fingerprint density at radius 1 is 1.33 bits per heavy atom. The van der Waals surface area contributed by atoms with Crippen LogP contribution in [-0.2, 0) is 0 Å². The molecule has 0 aromatic heterocycles. The van der Waals surface area contributed by atoms with Gasteiger partial charge in [-0.15, -0.1) is 0 Å². The maximum atomic E-state index is 13.0. The summed E-state index contributed by atoms with van der Waals surface area (Å²) < 4.78 is 37.7. The smallest absolute Gasteiger partial charge is 0.205 e. The van der Waals surface area contributed by atoms with Crippen molar-refractivity contribution in [2.24, 2.45) is 0 Å². The largest absolute Gasteiger partial charge is 0.267 e. The van der Waals surface area contributed by atoms with E-state index in [0.29, 0.717) is 0 Å². The zero-order chi connectivity index (χ0) is 9.30. The van der Waals surface area contributed by atoms with E-state index in [4.69, 9.17) is 0 Å². The van der Waals surface area contributed by atoms with Crippen molar-refractivity contribution in [3.8, 4) is 0 Å². The summed E-state index contributed by atoms with van der Waals surface area (Å²) in [5.41, 5.74) is -0.537. The van der Waals surface area contributed by atoms with Crippen molar-refractivity contribution >= 4 is 38.5 Å². The van der Waals surface area contributed by atoms with Crippen LogP contribution in [0.5, 0.6) is 0 Å². The quantitative estimate of drug-likeness (QED) is 0.527. The van der Waals surface area contributed by atoms with Gasteiger partial charge in [-0.25, -0.2) is 13.2 Å². The van der Waals surface area contributed by atoms with Crippen LogP contribution in [0.25, 0.3) is 0 Å². The molecule has 0 saturated carbocycles. The van der Waals surface area contributed by atoms with E-state index in [0.717, 1.165) is 0 Å². The molecule has 1 aromatic carbocycles. The van der Waals surface area contributed by atoms with Crippen LogP contribution >= 0.6 is 38.5 Å². The molecule has 0 aliphatic carbocycles. The molecular weight excluding hydrogens is 348 g/mol. The Labute approximate surface area is 89.4 Å². The van der Waals surface area contributed by atoms with Gasteiger partial charge in [0, 0.05) is 3.57 Å². The minimum absolute atomic E-state index is 0.0678. The Morgan fingerprint density at radius 2 is 1.92 bits per heavy atom. The van der Waals surface area contributed by atoms with Crippen molar-refractivity contribution in [1.29, 1.82) is 0 Å². The average Bonchev–Trinajstić information content (AvgIpc) is 1.97. The van der Waals surface area contributed by atoms with Crippen molar-refractivity contribution in [3.05, 3.63) is 31.6 Å². The van der Waals surface area contributed by atoms with Gasteiger partial charge in [-0.05, 0) is 50.7 Å². The third-order valence-corrected chi connectivity index (χ3v) is 2.85. The summed E-state index contributed by atoms with van der Waals surface area (Å²) in [5.74, 6) is -0.878. The number of alkyl halides is 2. The number of hydrogen-bond donors (Lipinski definition) is 0. The summed E-state index contributed by atoms with van der Waals surface area (Å²) in [5, 5.41) is 0. The molecule has 0 spiro atoms. The number of benzene rings is 1. The molecule has 0 N–H and O–H groups in total. The average molecular weight is 351 g/mol. The third-order valence-electron chi connectivity index (χ3n) is 1.30. The summed E-state index contributed by atoms with van der Waals surface area (Å²) in [7, 11) is 0. The van der Waals surface area contributed by atoms with Crippen LogP contribution < -0.4 is 0 Å². The Morgan fingerprint density at radius 3 is 2.33 bits per heavy atom. The fourth-order valence-corrected chi connectivity index (χ4v) is 1.74. The second kappa shape index (κ2) is 3.95. The van der Waals surface area contributed by atoms with Crippen molar-refractivity contribution in [1.82, 2.24) is 0 Å². The van der Waals surface area contributed by atoms with E-state index in [9.17, 15) is 13.2 Å². The van der Waals surface area contributed by atoms with Gasteiger partial charge in [0.1, 0.15) is 5.82 Å². The zero-order valence-electron chi connectivity index (χ0n) is 5.62. The monoisotopic (exact) mass is 350 g/mol. The summed E-state index contributed by atoms with van der Waals surface area (Å²) in [6, 6.07) is 2.85. The summed E-state index contributed by atoms with van der Waals surface area (Å²) in [6.07, 6.45) is -2.77. The highest BCUT2D eigenvalue weighted by molar-refractivity contribution is 14.1. The molecule has 0 aliphatic rings. The first-order chi connectivity index (χ1) is 5.54. The van der Waals surface area contributed by atoms with Gasteiger partial charge in [-0.1, -0.05) is 0 Å². The summed E-state index contributed by atoms with van der Waals surface area (Å²) in [6.45, 7) is 0. The summed E-state index contributed by atoms with van der Waals surface area (Å²) >= 11 is 4.51. The van der Waals surface area contributed by atoms with Gasteiger partial charge in [0.15, 0.2) is 0 Å². The van der Waals surface area contributed by atoms with Crippen LogP contribution in [-0.4, -0.2) is 0 Å². The lowest BCUT2D eigenvalue weighted by Crippen LogP contribution is -1.95. The molecule has 0 atom stereocenters. The molecule has 1 aromatic rings. The van der Waals surface area contributed by atoms with Crippen molar-refractivity contribution < 1.29 is 13.2 Å². The Balaban J connectivity index is 3.33. The lowest BCUT2D eigenvalue weighted by atomic mass is 10.2. The van der Waals surface area contributed by atoms with E-state index < -0.39 is 17.8 Å². The normalized spacial score (nSPS) is 10.8. The van der Waals surface area contributed by atoms with Gasteiger partial charge in [-0.3, -0.25) is 0 Å². The molecule has 0 bridgehead atoms. The Bertz CT molecular complexity index is 301. The van der Waals surface area contributed by atoms with E-state index in [-0.39, 0.29) is 8.04 Å². The molecule has 0 amide bonds. The fraction of sp³-hybridized carbons (Fsp3) is 0.143. The van der Waals surface area contributed by atoms with Crippen molar-refractivity contribution in [3.63, 3.8) is 0 Å².